The molecule has 0 aromatic heterocycles. The van der Waals surface area contributed by atoms with Crippen molar-refractivity contribution < 1.29 is 14.9 Å². The first-order valence-electron chi connectivity index (χ1n) is 4.39. The van der Waals surface area contributed by atoms with Gasteiger partial charge in [0.15, 0.2) is 0 Å². The highest BCUT2D eigenvalue weighted by molar-refractivity contribution is 14.1. The van der Waals surface area contributed by atoms with Crippen molar-refractivity contribution in [3.8, 4) is 11.5 Å². The minimum Gasteiger partial charge on any atom is -0.508 e. The molecule has 1 unspecified atom stereocenters. The average molecular weight is 308 g/mol. The molecule has 78 valence electrons. The zero-order valence-corrected chi connectivity index (χ0v) is 10.3. The van der Waals surface area contributed by atoms with Crippen LogP contribution >= 0.6 is 22.6 Å². The van der Waals surface area contributed by atoms with Crippen LogP contribution in [0.4, 0.5) is 0 Å². The molecule has 3 nitrogen and oxygen atoms in total. The Hall–Kier alpha value is -0.490. The van der Waals surface area contributed by atoms with Crippen LogP contribution < -0.4 is 4.74 Å². The molecule has 0 fully saturated rings. The number of benzene rings is 1. The molecular formula is C10H13IO3. The topological polar surface area (TPSA) is 49.7 Å². The van der Waals surface area contributed by atoms with E-state index in [0.717, 1.165) is 9.13 Å². The predicted octanol–water partition coefficient (Wildman–Crippen LogP) is 2.45. The second-order valence-electron chi connectivity index (χ2n) is 2.95. The third kappa shape index (κ3) is 2.51. The number of hydrogen-bond acceptors (Lipinski definition) is 3. The first kappa shape index (κ1) is 11.6. The Morgan fingerprint density at radius 2 is 2.14 bits per heavy atom. The summed E-state index contributed by atoms with van der Waals surface area (Å²) in [5, 5.41) is 18.9. The largest absolute Gasteiger partial charge is 0.508 e. The molecular weight excluding hydrogens is 295 g/mol. The van der Waals surface area contributed by atoms with Crippen molar-refractivity contribution in [2.24, 2.45) is 0 Å². The van der Waals surface area contributed by atoms with Gasteiger partial charge in [-0.3, -0.25) is 0 Å². The maximum atomic E-state index is 9.54. The molecule has 0 bridgehead atoms. The van der Waals surface area contributed by atoms with E-state index in [0.29, 0.717) is 12.4 Å². The summed E-state index contributed by atoms with van der Waals surface area (Å²) in [6, 6.07) is 3.12. The second kappa shape index (κ2) is 4.84. The molecule has 2 N–H and O–H groups in total. The first-order chi connectivity index (χ1) is 6.56. The number of ether oxygens (including phenoxy) is 1. The summed E-state index contributed by atoms with van der Waals surface area (Å²) < 4.78 is 6.14. The molecule has 1 rings (SSSR count). The molecule has 0 aliphatic carbocycles. The van der Waals surface area contributed by atoms with Crippen LogP contribution in [0.2, 0.25) is 0 Å². The number of rotatable bonds is 3. The van der Waals surface area contributed by atoms with E-state index in [1.807, 2.05) is 6.92 Å². The summed E-state index contributed by atoms with van der Waals surface area (Å²) in [6.07, 6.45) is -0.593. The van der Waals surface area contributed by atoms with Crippen molar-refractivity contribution in [3.05, 3.63) is 21.3 Å². The molecule has 14 heavy (non-hydrogen) atoms. The SMILES string of the molecule is CCOc1cc(O)cc(I)c1C(C)O. The number of aliphatic hydroxyl groups is 1. The van der Waals surface area contributed by atoms with Gasteiger partial charge in [-0.15, -0.1) is 0 Å². The average Bonchev–Trinajstić information content (AvgIpc) is 2.01. The van der Waals surface area contributed by atoms with Gasteiger partial charge >= 0.3 is 0 Å². The van der Waals surface area contributed by atoms with E-state index in [-0.39, 0.29) is 5.75 Å². The molecule has 4 heteroatoms. The van der Waals surface area contributed by atoms with Gasteiger partial charge < -0.3 is 14.9 Å². The van der Waals surface area contributed by atoms with Gasteiger partial charge in [-0.05, 0) is 42.5 Å². The standard InChI is InChI=1S/C10H13IO3/c1-3-14-9-5-7(13)4-8(11)10(9)6(2)12/h4-6,12-13H,3H2,1-2H3. The summed E-state index contributed by atoms with van der Waals surface area (Å²) in [7, 11) is 0. The minimum absolute atomic E-state index is 0.155. The van der Waals surface area contributed by atoms with Crippen molar-refractivity contribution in [2.45, 2.75) is 20.0 Å². The Kier molecular flexibility index (Phi) is 4.00. The predicted molar refractivity (Wildman–Crippen MR) is 62.6 cm³/mol. The van der Waals surface area contributed by atoms with E-state index in [4.69, 9.17) is 4.74 Å². The molecule has 0 aliphatic heterocycles. The van der Waals surface area contributed by atoms with Crippen molar-refractivity contribution in [1.82, 2.24) is 0 Å². The minimum atomic E-state index is -0.593. The number of phenolic OH excluding ortho intramolecular Hbond substituents is 1. The van der Waals surface area contributed by atoms with Gasteiger partial charge in [-0.2, -0.15) is 0 Å². The van der Waals surface area contributed by atoms with Crippen LogP contribution in [0.15, 0.2) is 12.1 Å². The van der Waals surface area contributed by atoms with Crippen molar-refractivity contribution in [1.29, 1.82) is 0 Å². The number of aromatic hydroxyl groups is 1. The van der Waals surface area contributed by atoms with Gasteiger partial charge in [0.2, 0.25) is 0 Å². The van der Waals surface area contributed by atoms with E-state index >= 15 is 0 Å². The van der Waals surface area contributed by atoms with Crippen molar-refractivity contribution in [2.75, 3.05) is 6.61 Å². The fraction of sp³-hybridized carbons (Fsp3) is 0.400. The molecule has 0 heterocycles. The van der Waals surface area contributed by atoms with E-state index in [1.165, 1.54) is 6.07 Å². The number of phenols is 1. The van der Waals surface area contributed by atoms with Crippen LogP contribution in [0.5, 0.6) is 11.5 Å². The Balaban J connectivity index is 3.21. The summed E-state index contributed by atoms with van der Waals surface area (Å²) >= 11 is 2.07. The quantitative estimate of drug-likeness (QED) is 0.843. The van der Waals surface area contributed by atoms with Crippen LogP contribution in [0.1, 0.15) is 25.5 Å². The van der Waals surface area contributed by atoms with Gasteiger partial charge in [0.1, 0.15) is 11.5 Å². The van der Waals surface area contributed by atoms with Gasteiger partial charge in [0.25, 0.3) is 0 Å². The van der Waals surface area contributed by atoms with Gasteiger partial charge in [-0.25, -0.2) is 0 Å². The zero-order valence-electron chi connectivity index (χ0n) is 8.12. The second-order valence-corrected chi connectivity index (χ2v) is 4.11. The smallest absolute Gasteiger partial charge is 0.129 e. The molecule has 0 spiro atoms. The van der Waals surface area contributed by atoms with Crippen LogP contribution in [0.3, 0.4) is 0 Å². The highest BCUT2D eigenvalue weighted by Crippen LogP contribution is 2.33. The van der Waals surface area contributed by atoms with E-state index in [9.17, 15) is 10.2 Å². The van der Waals surface area contributed by atoms with Crippen LogP contribution in [-0.2, 0) is 0 Å². The highest BCUT2D eigenvalue weighted by Gasteiger charge is 2.14. The van der Waals surface area contributed by atoms with E-state index in [1.54, 1.807) is 13.0 Å². The van der Waals surface area contributed by atoms with E-state index < -0.39 is 6.10 Å². The maximum Gasteiger partial charge on any atom is 0.129 e. The first-order valence-corrected chi connectivity index (χ1v) is 5.47. The summed E-state index contributed by atoms with van der Waals surface area (Å²) in [5.41, 5.74) is 0.727. The van der Waals surface area contributed by atoms with Crippen LogP contribution in [0, 0.1) is 3.57 Å². The lowest BCUT2D eigenvalue weighted by atomic mass is 10.1. The normalized spacial score (nSPS) is 12.6. The fourth-order valence-electron chi connectivity index (χ4n) is 1.26. The third-order valence-corrected chi connectivity index (χ3v) is 2.69. The molecule has 0 amide bonds. The van der Waals surface area contributed by atoms with Crippen molar-refractivity contribution >= 4 is 22.6 Å². The Labute approximate surface area is 96.9 Å². The highest BCUT2D eigenvalue weighted by atomic mass is 127. The Morgan fingerprint density at radius 1 is 1.50 bits per heavy atom. The van der Waals surface area contributed by atoms with Gasteiger partial charge in [0.05, 0.1) is 12.7 Å². The number of aliphatic hydroxyl groups excluding tert-OH is 1. The third-order valence-electron chi connectivity index (χ3n) is 1.79. The molecule has 0 saturated heterocycles. The van der Waals surface area contributed by atoms with Crippen LogP contribution in [0.25, 0.3) is 0 Å². The van der Waals surface area contributed by atoms with Gasteiger partial charge in [-0.1, -0.05) is 0 Å². The molecule has 1 atom stereocenters. The molecule has 1 aromatic carbocycles. The lowest BCUT2D eigenvalue weighted by Gasteiger charge is -2.14. The summed E-state index contributed by atoms with van der Waals surface area (Å²) in [4.78, 5) is 0. The molecule has 1 aromatic rings. The van der Waals surface area contributed by atoms with E-state index in [2.05, 4.69) is 22.6 Å². The fourth-order valence-corrected chi connectivity index (χ4v) is 2.29. The molecule has 0 aliphatic rings. The lowest BCUT2D eigenvalue weighted by Crippen LogP contribution is -2.02. The number of halogens is 1. The van der Waals surface area contributed by atoms with Crippen LogP contribution in [-0.4, -0.2) is 16.8 Å². The zero-order chi connectivity index (χ0) is 10.7. The lowest BCUT2D eigenvalue weighted by molar-refractivity contribution is 0.191. The number of hydrogen-bond donors (Lipinski definition) is 2. The Bertz CT molecular complexity index is 323. The molecule has 0 saturated carbocycles. The van der Waals surface area contributed by atoms with Gasteiger partial charge in [0, 0.05) is 15.2 Å². The van der Waals surface area contributed by atoms with Crippen molar-refractivity contribution in [3.63, 3.8) is 0 Å². The Morgan fingerprint density at radius 3 is 2.64 bits per heavy atom. The summed E-state index contributed by atoms with van der Waals surface area (Å²) in [6.45, 7) is 4.05. The monoisotopic (exact) mass is 308 g/mol. The summed E-state index contributed by atoms with van der Waals surface area (Å²) in [5.74, 6) is 0.703. The maximum absolute atomic E-state index is 9.54. The molecule has 0 radical (unpaired) electrons.